The lowest BCUT2D eigenvalue weighted by Crippen LogP contribution is -2.37. The summed E-state index contributed by atoms with van der Waals surface area (Å²) in [6.45, 7) is 4.52. The maximum absolute atomic E-state index is 12.8. The number of esters is 1. The quantitative estimate of drug-likeness (QED) is 0.794. The highest BCUT2D eigenvalue weighted by Crippen LogP contribution is 2.34. The number of carbonyl (C=O) groups excluding carboxylic acids is 2. The van der Waals surface area contributed by atoms with E-state index in [1.54, 1.807) is 17.0 Å². The zero-order chi connectivity index (χ0) is 16.6. The first kappa shape index (κ1) is 15.7. The molecule has 1 amide bonds. The lowest BCUT2D eigenvalue weighted by molar-refractivity contribution is 0.0599. The van der Waals surface area contributed by atoms with E-state index < -0.39 is 0 Å². The monoisotopic (exact) mass is 330 g/mol. The first-order valence-electron chi connectivity index (χ1n) is 7.49. The Kier molecular flexibility index (Phi) is 4.17. The maximum Gasteiger partial charge on any atom is 0.338 e. The Balaban J connectivity index is 2.08. The predicted octanol–water partition coefficient (Wildman–Crippen LogP) is 3.14. The molecule has 0 fully saturated rings. The van der Waals surface area contributed by atoms with E-state index in [0.717, 1.165) is 34.5 Å². The molecular formula is C17H18N2O3S. The number of anilines is 1. The van der Waals surface area contributed by atoms with Gasteiger partial charge in [0.25, 0.3) is 5.91 Å². The van der Waals surface area contributed by atoms with Crippen LogP contribution in [0, 0.1) is 13.8 Å². The minimum absolute atomic E-state index is 0.111. The summed E-state index contributed by atoms with van der Waals surface area (Å²) in [4.78, 5) is 27.6. The molecule has 23 heavy (non-hydrogen) atoms. The second kappa shape index (κ2) is 6.12. The Morgan fingerprint density at radius 3 is 2.74 bits per heavy atom. The largest absolute Gasteiger partial charge is 0.465 e. The Morgan fingerprint density at radius 2 is 2.09 bits per heavy atom. The molecule has 2 heterocycles. The molecule has 0 unspecified atom stereocenters. The highest BCUT2D eigenvalue weighted by atomic mass is 32.1. The van der Waals surface area contributed by atoms with Crippen molar-refractivity contribution in [1.82, 2.24) is 4.37 Å². The number of benzene rings is 1. The Bertz CT molecular complexity index is 782. The number of aryl methyl sites for hydroxylation is 2. The van der Waals surface area contributed by atoms with E-state index in [1.165, 1.54) is 18.6 Å². The van der Waals surface area contributed by atoms with Crippen LogP contribution in [-0.4, -0.2) is 29.9 Å². The molecule has 0 spiro atoms. The number of ether oxygens (including phenoxy) is 1. The molecule has 2 aromatic rings. The lowest BCUT2D eigenvalue weighted by Gasteiger charge is -2.31. The van der Waals surface area contributed by atoms with E-state index in [-0.39, 0.29) is 11.9 Å². The molecule has 0 atom stereocenters. The molecule has 6 heteroatoms. The summed E-state index contributed by atoms with van der Waals surface area (Å²) in [6, 6.07) is 5.45. The van der Waals surface area contributed by atoms with Crippen LogP contribution in [0.4, 0.5) is 5.69 Å². The fourth-order valence-corrected chi connectivity index (χ4v) is 3.56. The van der Waals surface area contributed by atoms with Crippen molar-refractivity contribution >= 4 is 29.1 Å². The van der Waals surface area contributed by atoms with Crippen LogP contribution in [0.25, 0.3) is 0 Å². The number of fused-ring (bicyclic) bond motifs is 1. The van der Waals surface area contributed by atoms with Gasteiger partial charge in [-0.3, -0.25) is 4.79 Å². The van der Waals surface area contributed by atoms with Crippen LogP contribution in [0.3, 0.4) is 0 Å². The molecule has 0 saturated heterocycles. The molecule has 0 N–H and O–H groups in total. The van der Waals surface area contributed by atoms with Crippen molar-refractivity contribution in [3.63, 3.8) is 0 Å². The summed E-state index contributed by atoms with van der Waals surface area (Å²) in [5.41, 5.74) is 3.70. The van der Waals surface area contributed by atoms with Gasteiger partial charge in [-0.05, 0) is 61.5 Å². The van der Waals surface area contributed by atoms with E-state index >= 15 is 0 Å². The van der Waals surface area contributed by atoms with Crippen LogP contribution in [0.1, 0.15) is 43.3 Å². The zero-order valence-corrected chi connectivity index (χ0v) is 14.2. The molecule has 120 valence electrons. The van der Waals surface area contributed by atoms with Gasteiger partial charge in [-0.25, -0.2) is 4.79 Å². The molecule has 0 saturated carbocycles. The van der Waals surface area contributed by atoms with E-state index in [2.05, 4.69) is 4.37 Å². The minimum Gasteiger partial charge on any atom is -0.465 e. The molecule has 1 aliphatic heterocycles. The summed E-state index contributed by atoms with van der Waals surface area (Å²) >= 11 is 1.32. The van der Waals surface area contributed by atoms with Gasteiger partial charge in [0.05, 0.1) is 18.4 Å². The van der Waals surface area contributed by atoms with Crippen molar-refractivity contribution < 1.29 is 14.3 Å². The van der Waals surface area contributed by atoms with Crippen LogP contribution in [0.5, 0.6) is 0 Å². The second-order valence-corrected chi connectivity index (χ2v) is 6.64. The molecule has 1 aliphatic rings. The van der Waals surface area contributed by atoms with Crippen LogP contribution >= 0.6 is 11.5 Å². The highest BCUT2D eigenvalue weighted by Gasteiger charge is 2.29. The lowest BCUT2D eigenvalue weighted by atomic mass is 9.93. The number of carbonyl (C=O) groups is 2. The van der Waals surface area contributed by atoms with Crippen molar-refractivity contribution in [2.24, 2.45) is 0 Å². The smallest absolute Gasteiger partial charge is 0.338 e. The summed E-state index contributed by atoms with van der Waals surface area (Å²) < 4.78 is 9.10. The van der Waals surface area contributed by atoms with Crippen molar-refractivity contribution in [1.29, 1.82) is 0 Å². The maximum atomic E-state index is 12.8. The Hall–Kier alpha value is -2.21. The van der Waals surface area contributed by atoms with Crippen LogP contribution in [0.2, 0.25) is 0 Å². The zero-order valence-electron chi connectivity index (χ0n) is 13.4. The van der Waals surface area contributed by atoms with Crippen molar-refractivity contribution in [2.75, 3.05) is 18.6 Å². The number of hydrogen-bond acceptors (Lipinski definition) is 5. The van der Waals surface area contributed by atoms with E-state index in [4.69, 9.17) is 4.74 Å². The van der Waals surface area contributed by atoms with Gasteiger partial charge in [-0.15, -0.1) is 0 Å². The molecule has 0 aliphatic carbocycles. The summed E-state index contributed by atoms with van der Waals surface area (Å²) in [6.07, 6.45) is 1.58. The van der Waals surface area contributed by atoms with Gasteiger partial charge in [-0.2, -0.15) is 4.37 Å². The molecule has 1 aromatic heterocycles. The molecule has 3 rings (SSSR count). The summed E-state index contributed by atoms with van der Waals surface area (Å²) in [7, 11) is 1.37. The molecule has 5 nitrogen and oxygen atoms in total. The van der Waals surface area contributed by atoms with Gasteiger partial charge in [0.2, 0.25) is 0 Å². The minimum atomic E-state index is -0.361. The number of aromatic nitrogens is 1. The number of methoxy groups -OCH3 is 1. The van der Waals surface area contributed by atoms with Crippen molar-refractivity contribution in [3.8, 4) is 0 Å². The summed E-state index contributed by atoms with van der Waals surface area (Å²) in [5.74, 6) is -0.472. The van der Waals surface area contributed by atoms with E-state index in [9.17, 15) is 9.59 Å². The standard InChI is InChI=1S/C17H18N2O3S/c1-10-6-7-13(17(21)22-3)12-5-4-8-19(15(10)12)16(20)14-9-11(2)23-18-14/h6-7,9H,4-5,8H2,1-3H3. The van der Waals surface area contributed by atoms with Crippen LogP contribution < -0.4 is 4.90 Å². The van der Waals surface area contributed by atoms with Crippen molar-refractivity contribution in [2.45, 2.75) is 26.7 Å². The van der Waals surface area contributed by atoms with Crippen molar-refractivity contribution in [3.05, 3.63) is 45.5 Å². The van der Waals surface area contributed by atoms with Gasteiger partial charge in [-0.1, -0.05) is 6.07 Å². The Labute approximate surface area is 139 Å². The van der Waals surface area contributed by atoms with Crippen LogP contribution in [-0.2, 0) is 11.2 Å². The average Bonchev–Trinajstić information content (AvgIpc) is 3.00. The molecular weight excluding hydrogens is 312 g/mol. The van der Waals surface area contributed by atoms with Gasteiger partial charge in [0.15, 0.2) is 0 Å². The second-order valence-electron chi connectivity index (χ2n) is 5.63. The third-order valence-corrected chi connectivity index (χ3v) is 4.75. The first-order valence-corrected chi connectivity index (χ1v) is 8.26. The highest BCUT2D eigenvalue weighted by molar-refractivity contribution is 7.05. The molecule has 0 radical (unpaired) electrons. The molecule has 0 bridgehead atoms. The normalized spacial score (nSPS) is 13.6. The van der Waals surface area contributed by atoms with Gasteiger partial charge < -0.3 is 9.64 Å². The van der Waals surface area contributed by atoms with Gasteiger partial charge in [0.1, 0.15) is 5.69 Å². The summed E-state index contributed by atoms with van der Waals surface area (Å²) in [5, 5.41) is 0. The molecule has 1 aromatic carbocycles. The number of hydrogen-bond donors (Lipinski definition) is 0. The SMILES string of the molecule is COC(=O)c1ccc(C)c2c1CCCN2C(=O)c1cc(C)sn1. The van der Waals surface area contributed by atoms with Gasteiger partial charge >= 0.3 is 5.97 Å². The van der Waals surface area contributed by atoms with Gasteiger partial charge in [0, 0.05) is 11.4 Å². The van der Waals surface area contributed by atoms with E-state index in [0.29, 0.717) is 17.8 Å². The predicted molar refractivity (Wildman–Crippen MR) is 89.4 cm³/mol. The number of nitrogens with zero attached hydrogens (tertiary/aromatic N) is 2. The third-order valence-electron chi connectivity index (χ3n) is 4.06. The average molecular weight is 330 g/mol. The fourth-order valence-electron chi connectivity index (χ4n) is 3.02. The topological polar surface area (TPSA) is 59.5 Å². The first-order chi connectivity index (χ1) is 11.0. The van der Waals surface area contributed by atoms with E-state index in [1.807, 2.05) is 19.9 Å². The number of amides is 1. The van der Waals surface area contributed by atoms with Crippen LogP contribution in [0.15, 0.2) is 18.2 Å². The third kappa shape index (κ3) is 2.74. The fraction of sp³-hybridized carbons (Fsp3) is 0.353. The number of rotatable bonds is 2. The Morgan fingerprint density at radius 1 is 1.30 bits per heavy atom.